The number of amides is 1. The third-order valence-corrected chi connectivity index (χ3v) is 2.16. The lowest BCUT2D eigenvalue weighted by molar-refractivity contribution is 0.0888. The van der Waals surface area contributed by atoms with Gasteiger partial charge in [-0.25, -0.2) is 4.79 Å². The van der Waals surface area contributed by atoms with Gasteiger partial charge < -0.3 is 4.74 Å². The zero-order valence-corrected chi connectivity index (χ0v) is 8.97. The molecule has 0 radical (unpaired) electrons. The van der Waals surface area contributed by atoms with E-state index in [4.69, 9.17) is 4.74 Å². The Hall–Kier alpha value is -0.990. The first-order chi connectivity index (χ1) is 5.66. The van der Waals surface area contributed by atoms with Crippen molar-refractivity contribution >= 4 is 6.09 Å². The minimum atomic E-state index is -0.565. The van der Waals surface area contributed by atoms with E-state index in [1.54, 1.807) is 4.90 Å². The van der Waals surface area contributed by atoms with Gasteiger partial charge in [0.15, 0.2) is 0 Å². The lowest BCUT2D eigenvalue weighted by atomic mass is 10.0. The van der Waals surface area contributed by atoms with Gasteiger partial charge in [-0.15, -0.1) is 0 Å². The molecule has 1 rings (SSSR count). The van der Waals surface area contributed by atoms with Crippen molar-refractivity contribution in [3.63, 3.8) is 0 Å². The second kappa shape index (κ2) is 2.50. The SMILES string of the molecule is C=C1N(C(C)(C)C)C(=O)OC1(C)C. The van der Waals surface area contributed by atoms with Gasteiger partial charge in [-0.1, -0.05) is 6.58 Å². The average Bonchev–Trinajstić information content (AvgIpc) is 1.99. The van der Waals surface area contributed by atoms with Gasteiger partial charge in [-0.3, -0.25) is 4.90 Å². The third-order valence-electron chi connectivity index (χ3n) is 2.16. The number of nitrogens with zero attached hydrogens (tertiary/aromatic N) is 1. The molecule has 0 aromatic carbocycles. The summed E-state index contributed by atoms with van der Waals surface area (Å²) < 4.78 is 5.19. The normalized spacial score (nSPS) is 22.1. The van der Waals surface area contributed by atoms with Gasteiger partial charge in [0.05, 0.1) is 5.70 Å². The average molecular weight is 183 g/mol. The van der Waals surface area contributed by atoms with Gasteiger partial charge in [-0.05, 0) is 34.6 Å². The van der Waals surface area contributed by atoms with Crippen LogP contribution in [0.4, 0.5) is 4.79 Å². The Labute approximate surface area is 79.4 Å². The molecule has 0 aliphatic carbocycles. The molecule has 0 unspecified atom stereocenters. The van der Waals surface area contributed by atoms with Gasteiger partial charge in [0, 0.05) is 5.54 Å². The van der Waals surface area contributed by atoms with Crippen LogP contribution < -0.4 is 0 Å². The predicted octanol–water partition coefficient (Wildman–Crippen LogP) is 2.53. The summed E-state index contributed by atoms with van der Waals surface area (Å²) in [5.74, 6) is 0. The Kier molecular flexibility index (Phi) is 1.94. The van der Waals surface area contributed by atoms with Crippen LogP contribution in [0.2, 0.25) is 0 Å². The highest BCUT2D eigenvalue weighted by Gasteiger charge is 2.46. The Morgan fingerprint density at radius 1 is 1.38 bits per heavy atom. The first-order valence-electron chi connectivity index (χ1n) is 4.39. The van der Waals surface area contributed by atoms with Crippen molar-refractivity contribution in [2.75, 3.05) is 0 Å². The van der Waals surface area contributed by atoms with Crippen LogP contribution in [0.15, 0.2) is 12.3 Å². The van der Waals surface area contributed by atoms with Crippen molar-refractivity contribution in [1.29, 1.82) is 0 Å². The Balaban J connectivity index is 3.03. The minimum Gasteiger partial charge on any atom is -0.437 e. The number of carbonyl (C=O) groups excluding carboxylic acids is 1. The lowest BCUT2D eigenvalue weighted by Crippen LogP contribution is -2.41. The summed E-state index contributed by atoms with van der Waals surface area (Å²) in [4.78, 5) is 13.1. The smallest absolute Gasteiger partial charge is 0.415 e. The fraction of sp³-hybridized carbons (Fsp3) is 0.700. The second-order valence-electron chi connectivity index (χ2n) is 4.83. The van der Waals surface area contributed by atoms with Gasteiger partial charge in [0.25, 0.3) is 0 Å². The van der Waals surface area contributed by atoms with Crippen LogP contribution in [0.5, 0.6) is 0 Å². The van der Waals surface area contributed by atoms with Crippen molar-refractivity contribution < 1.29 is 9.53 Å². The summed E-state index contributed by atoms with van der Waals surface area (Å²) >= 11 is 0. The van der Waals surface area contributed by atoms with Crippen molar-refractivity contribution in [3.8, 4) is 0 Å². The van der Waals surface area contributed by atoms with E-state index in [1.165, 1.54) is 0 Å². The number of hydrogen-bond donors (Lipinski definition) is 0. The first kappa shape index (κ1) is 10.1. The van der Waals surface area contributed by atoms with Crippen molar-refractivity contribution in [2.45, 2.75) is 45.8 Å². The van der Waals surface area contributed by atoms with E-state index in [2.05, 4.69) is 6.58 Å². The number of hydrogen-bond acceptors (Lipinski definition) is 2. The summed E-state index contributed by atoms with van der Waals surface area (Å²) in [5, 5.41) is 0. The highest BCUT2D eigenvalue weighted by atomic mass is 16.6. The largest absolute Gasteiger partial charge is 0.437 e. The molecule has 0 spiro atoms. The third kappa shape index (κ3) is 1.55. The van der Waals surface area contributed by atoms with Crippen LogP contribution in [0.3, 0.4) is 0 Å². The zero-order valence-electron chi connectivity index (χ0n) is 8.97. The molecule has 0 atom stereocenters. The predicted molar refractivity (Wildman–Crippen MR) is 51.3 cm³/mol. The van der Waals surface area contributed by atoms with E-state index >= 15 is 0 Å². The van der Waals surface area contributed by atoms with Crippen LogP contribution >= 0.6 is 0 Å². The monoisotopic (exact) mass is 183 g/mol. The minimum absolute atomic E-state index is 0.262. The molecule has 0 aromatic rings. The van der Waals surface area contributed by atoms with Crippen LogP contribution in [0.25, 0.3) is 0 Å². The summed E-state index contributed by atoms with van der Waals surface area (Å²) in [6.07, 6.45) is -0.303. The summed E-state index contributed by atoms with van der Waals surface area (Å²) in [6, 6.07) is 0. The second-order valence-corrected chi connectivity index (χ2v) is 4.83. The summed E-state index contributed by atoms with van der Waals surface area (Å²) in [5.41, 5.74) is -0.100. The molecular formula is C10H17NO2. The van der Waals surface area contributed by atoms with Crippen LogP contribution in [0, 0.1) is 0 Å². The van der Waals surface area contributed by atoms with Crippen LogP contribution in [-0.4, -0.2) is 22.1 Å². The van der Waals surface area contributed by atoms with E-state index in [9.17, 15) is 4.79 Å². The summed E-state index contributed by atoms with van der Waals surface area (Å²) in [7, 11) is 0. The van der Waals surface area contributed by atoms with Crippen LogP contribution in [0.1, 0.15) is 34.6 Å². The molecule has 74 valence electrons. The molecule has 1 aliphatic rings. The number of rotatable bonds is 0. The standard InChI is InChI=1S/C10H17NO2/c1-7-10(5,6)13-8(12)11(7)9(2,3)4/h1H2,2-6H3. The molecule has 3 heteroatoms. The zero-order chi connectivity index (χ0) is 10.4. The number of carbonyl (C=O) groups is 1. The van der Waals surface area contributed by atoms with Gasteiger partial charge in [0.2, 0.25) is 0 Å². The van der Waals surface area contributed by atoms with Gasteiger partial charge >= 0.3 is 6.09 Å². The molecule has 1 heterocycles. The topological polar surface area (TPSA) is 29.5 Å². The quantitative estimate of drug-likeness (QED) is 0.577. The molecule has 1 amide bonds. The maximum Gasteiger partial charge on any atom is 0.415 e. The molecule has 13 heavy (non-hydrogen) atoms. The molecular weight excluding hydrogens is 166 g/mol. The van der Waals surface area contributed by atoms with E-state index < -0.39 is 5.60 Å². The van der Waals surface area contributed by atoms with E-state index in [0.29, 0.717) is 0 Å². The maximum atomic E-state index is 11.5. The highest BCUT2D eigenvalue weighted by molar-refractivity contribution is 5.75. The maximum absolute atomic E-state index is 11.5. The van der Waals surface area contributed by atoms with Crippen LogP contribution in [-0.2, 0) is 4.74 Å². The molecule has 1 aliphatic heterocycles. The van der Waals surface area contributed by atoms with Crippen molar-refractivity contribution in [1.82, 2.24) is 4.90 Å². The fourth-order valence-electron chi connectivity index (χ4n) is 1.38. The van der Waals surface area contributed by atoms with E-state index in [0.717, 1.165) is 5.70 Å². The Morgan fingerprint density at radius 2 is 1.85 bits per heavy atom. The van der Waals surface area contributed by atoms with Crippen molar-refractivity contribution in [3.05, 3.63) is 12.3 Å². The molecule has 0 N–H and O–H groups in total. The Morgan fingerprint density at radius 3 is 2.00 bits per heavy atom. The molecule has 3 nitrogen and oxygen atoms in total. The molecule has 1 fully saturated rings. The molecule has 1 saturated heterocycles. The summed E-state index contributed by atoms with van der Waals surface area (Å²) in [6.45, 7) is 13.5. The Bertz CT molecular complexity index is 261. The van der Waals surface area contributed by atoms with Crippen molar-refractivity contribution in [2.24, 2.45) is 0 Å². The first-order valence-corrected chi connectivity index (χ1v) is 4.39. The molecule has 0 saturated carbocycles. The highest BCUT2D eigenvalue weighted by Crippen LogP contribution is 2.36. The van der Waals surface area contributed by atoms with Gasteiger partial charge in [0.1, 0.15) is 5.60 Å². The molecule has 0 aromatic heterocycles. The molecule has 0 bridgehead atoms. The lowest BCUT2D eigenvalue weighted by Gasteiger charge is -2.31. The van der Waals surface area contributed by atoms with Gasteiger partial charge in [-0.2, -0.15) is 0 Å². The number of cyclic esters (lactones) is 1. The van der Waals surface area contributed by atoms with E-state index in [-0.39, 0.29) is 11.6 Å². The fourth-order valence-corrected chi connectivity index (χ4v) is 1.38. The van der Waals surface area contributed by atoms with E-state index in [1.807, 2.05) is 34.6 Å². The number of ether oxygens (including phenoxy) is 1.